The number of nitrogens with one attached hydrogen (secondary N) is 2. The summed E-state index contributed by atoms with van der Waals surface area (Å²) >= 11 is 0. The summed E-state index contributed by atoms with van der Waals surface area (Å²) in [4.78, 5) is 13.9. The molecule has 11 aromatic rings. The molecule has 0 radical (unpaired) electrons. The molecule has 0 saturated heterocycles. The highest BCUT2D eigenvalue weighted by molar-refractivity contribution is 6.20. The molecule has 9 aromatic carbocycles. The molecule has 63 heavy (non-hydrogen) atoms. The van der Waals surface area contributed by atoms with E-state index in [1.807, 2.05) is 24.3 Å². The standard InChI is InChI=1S/C58H39N5/c1-5-15-41(16-6-1)55-51-37-54-50(36-48(51)47-23-13-14-24-52(47)59-55)49-35-45(33-34-53(49)63(54)46-21-11-4-12-22-46)40-27-25-38(26-28-40)39-29-31-44(32-30-39)58-61-56(42-17-7-2-8-18-42)60-57(62-58)43-19-9-3-10-20-43/h1-37,56H,(H,60,61,62)/p+1. The van der Waals surface area contributed by atoms with Gasteiger partial charge in [0, 0.05) is 43.9 Å². The van der Waals surface area contributed by atoms with Crippen LogP contribution in [-0.4, -0.2) is 21.2 Å². The van der Waals surface area contributed by atoms with Crippen molar-refractivity contribution in [2.75, 3.05) is 0 Å². The van der Waals surface area contributed by atoms with Gasteiger partial charge < -0.3 is 9.88 Å². The zero-order valence-electron chi connectivity index (χ0n) is 34.3. The molecule has 5 heteroatoms. The van der Waals surface area contributed by atoms with Crippen LogP contribution in [0.1, 0.15) is 22.9 Å². The lowest BCUT2D eigenvalue weighted by molar-refractivity contribution is -0.516. The van der Waals surface area contributed by atoms with Gasteiger partial charge in [0.05, 0.1) is 27.8 Å². The van der Waals surface area contributed by atoms with E-state index in [0.29, 0.717) is 0 Å². The summed E-state index contributed by atoms with van der Waals surface area (Å²) in [6, 6.07) is 79.8. The smallest absolute Gasteiger partial charge is 0.309 e. The lowest BCUT2D eigenvalue weighted by atomic mass is 9.96. The number of pyridine rings is 1. The molecular weight excluding hydrogens is 767 g/mol. The predicted molar refractivity (Wildman–Crippen MR) is 260 cm³/mol. The van der Waals surface area contributed by atoms with Crippen LogP contribution in [0.2, 0.25) is 0 Å². The number of nitrogens with zero attached hydrogens (tertiary/aromatic N) is 3. The Hall–Kier alpha value is -8.41. The van der Waals surface area contributed by atoms with Crippen molar-refractivity contribution in [2.24, 2.45) is 4.99 Å². The molecule has 0 fully saturated rings. The molecule has 1 atom stereocenters. The number of aromatic nitrogens is 2. The van der Waals surface area contributed by atoms with Crippen LogP contribution >= 0.6 is 0 Å². The Kier molecular flexibility index (Phi) is 8.82. The average molecular weight is 807 g/mol. The van der Waals surface area contributed by atoms with Gasteiger partial charge >= 0.3 is 5.84 Å². The first kappa shape index (κ1) is 36.4. The van der Waals surface area contributed by atoms with E-state index in [1.54, 1.807) is 0 Å². The Morgan fingerprint density at radius 1 is 0.397 bits per heavy atom. The lowest BCUT2D eigenvalue weighted by Gasteiger charge is -2.18. The van der Waals surface area contributed by atoms with E-state index >= 15 is 0 Å². The second kappa shape index (κ2) is 15.2. The maximum Gasteiger partial charge on any atom is 0.328 e. The first-order valence-corrected chi connectivity index (χ1v) is 21.4. The van der Waals surface area contributed by atoms with Crippen LogP contribution in [0.3, 0.4) is 0 Å². The van der Waals surface area contributed by atoms with Crippen molar-refractivity contribution < 1.29 is 4.99 Å². The van der Waals surface area contributed by atoms with Gasteiger partial charge in [-0.3, -0.25) is 0 Å². The van der Waals surface area contributed by atoms with E-state index in [0.717, 1.165) is 78.2 Å². The Labute approximate surface area is 365 Å². The van der Waals surface area contributed by atoms with E-state index in [2.05, 4.69) is 215 Å². The van der Waals surface area contributed by atoms with E-state index in [1.165, 1.54) is 32.8 Å². The van der Waals surface area contributed by atoms with Crippen LogP contribution in [0.15, 0.2) is 229 Å². The van der Waals surface area contributed by atoms with E-state index < -0.39 is 0 Å². The fraction of sp³-hybridized carbons (Fsp3) is 0.0172. The fourth-order valence-electron chi connectivity index (χ4n) is 9.18. The molecule has 2 N–H and O–H groups in total. The number of hydrogen-bond acceptors (Lipinski definition) is 3. The molecule has 3 heterocycles. The van der Waals surface area contributed by atoms with Crippen LogP contribution in [0.25, 0.3) is 82.7 Å². The van der Waals surface area contributed by atoms with Crippen LogP contribution < -0.4 is 10.3 Å². The molecule has 5 nitrogen and oxygen atoms in total. The number of benzene rings is 9. The first-order chi connectivity index (χ1) is 31.2. The zero-order chi connectivity index (χ0) is 41.7. The minimum atomic E-state index is -0.112. The van der Waals surface area contributed by atoms with Gasteiger partial charge in [-0.15, -0.1) is 0 Å². The quantitative estimate of drug-likeness (QED) is 0.158. The van der Waals surface area contributed by atoms with Crippen molar-refractivity contribution >= 4 is 55.2 Å². The molecule has 0 saturated carbocycles. The molecule has 1 aliphatic rings. The van der Waals surface area contributed by atoms with Gasteiger partial charge in [0.1, 0.15) is 0 Å². The van der Waals surface area contributed by atoms with Gasteiger partial charge in [-0.1, -0.05) is 158 Å². The van der Waals surface area contributed by atoms with Gasteiger partial charge in [0.25, 0.3) is 5.84 Å². The molecule has 296 valence electrons. The third kappa shape index (κ3) is 6.55. The SMILES string of the molecule is c1ccc(C2=[NH+]C(c3ccccc3)NC(c3ccc(-c4ccc(-c5ccc6c(c5)c5cc7c(cc5n6-c5ccccc5)c(-c5ccccc5)nc5ccccc57)cc4)cc3)=N2)cc1. The molecule has 0 aliphatic carbocycles. The number of para-hydroxylation sites is 2. The minimum absolute atomic E-state index is 0.112. The first-order valence-electron chi connectivity index (χ1n) is 21.4. The fourth-order valence-corrected chi connectivity index (χ4v) is 9.18. The summed E-state index contributed by atoms with van der Waals surface area (Å²) in [6.07, 6.45) is -0.112. The lowest BCUT2D eigenvalue weighted by Crippen LogP contribution is -2.80. The third-order valence-corrected chi connectivity index (χ3v) is 12.3. The second-order valence-electron chi connectivity index (χ2n) is 16.1. The van der Waals surface area contributed by atoms with E-state index in [4.69, 9.17) is 9.98 Å². The molecule has 0 amide bonds. The van der Waals surface area contributed by atoms with Gasteiger partial charge in [-0.2, -0.15) is 0 Å². The summed E-state index contributed by atoms with van der Waals surface area (Å²) in [7, 11) is 0. The minimum Gasteiger partial charge on any atom is -0.309 e. The Bertz CT molecular complexity index is 3540. The van der Waals surface area contributed by atoms with Crippen molar-refractivity contribution in [1.29, 1.82) is 0 Å². The molecule has 2 aromatic heterocycles. The summed E-state index contributed by atoms with van der Waals surface area (Å²) in [5.41, 5.74) is 14.4. The van der Waals surface area contributed by atoms with E-state index in [9.17, 15) is 0 Å². The number of amidine groups is 2. The van der Waals surface area contributed by atoms with Gasteiger partial charge in [-0.25, -0.2) is 9.98 Å². The highest BCUT2D eigenvalue weighted by Crippen LogP contribution is 2.41. The Morgan fingerprint density at radius 3 is 1.65 bits per heavy atom. The molecule has 1 unspecified atom stereocenters. The summed E-state index contributed by atoms with van der Waals surface area (Å²) < 4.78 is 2.40. The maximum atomic E-state index is 5.25. The van der Waals surface area contributed by atoms with Gasteiger partial charge in [-0.05, 0) is 99.4 Å². The third-order valence-electron chi connectivity index (χ3n) is 12.3. The number of fused-ring (bicyclic) bond motifs is 6. The summed E-state index contributed by atoms with van der Waals surface area (Å²) in [5, 5.41) is 9.57. The van der Waals surface area contributed by atoms with Crippen LogP contribution in [0, 0.1) is 0 Å². The van der Waals surface area contributed by atoms with Crippen molar-refractivity contribution in [2.45, 2.75) is 6.17 Å². The molecular formula is C58H40N5+. The Balaban J connectivity index is 0.916. The molecule has 12 rings (SSSR count). The molecule has 0 bridgehead atoms. The van der Waals surface area contributed by atoms with Crippen LogP contribution in [0.4, 0.5) is 0 Å². The highest BCUT2D eigenvalue weighted by atomic mass is 15.2. The van der Waals surface area contributed by atoms with Crippen molar-refractivity contribution in [3.8, 4) is 39.2 Å². The zero-order valence-corrected chi connectivity index (χ0v) is 34.3. The van der Waals surface area contributed by atoms with Gasteiger partial charge in [0.15, 0.2) is 6.17 Å². The largest absolute Gasteiger partial charge is 0.328 e. The van der Waals surface area contributed by atoms with E-state index in [-0.39, 0.29) is 6.17 Å². The number of aliphatic imine (C=N–C) groups is 1. The summed E-state index contributed by atoms with van der Waals surface area (Å²) in [6.45, 7) is 0. The number of hydrogen-bond donors (Lipinski definition) is 2. The van der Waals surface area contributed by atoms with Crippen molar-refractivity contribution in [3.63, 3.8) is 0 Å². The predicted octanol–water partition coefficient (Wildman–Crippen LogP) is 12.1. The molecule has 1 aliphatic heterocycles. The highest BCUT2D eigenvalue weighted by Gasteiger charge is 2.27. The second-order valence-corrected chi connectivity index (χ2v) is 16.1. The normalized spacial score (nSPS) is 13.9. The maximum absolute atomic E-state index is 5.25. The monoisotopic (exact) mass is 806 g/mol. The molecule has 0 spiro atoms. The van der Waals surface area contributed by atoms with Crippen LogP contribution in [0.5, 0.6) is 0 Å². The topological polar surface area (TPSA) is 56.2 Å². The summed E-state index contributed by atoms with van der Waals surface area (Å²) in [5.74, 6) is 1.68. The van der Waals surface area contributed by atoms with Crippen molar-refractivity contribution in [3.05, 3.63) is 241 Å². The number of rotatable bonds is 7. The Morgan fingerprint density at radius 2 is 0.952 bits per heavy atom. The van der Waals surface area contributed by atoms with Crippen LogP contribution in [-0.2, 0) is 0 Å². The van der Waals surface area contributed by atoms with Gasteiger partial charge in [0.2, 0.25) is 0 Å². The van der Waals surface area contributed by atoms with Crippen molar-refractivity contribution in [1.82, 2.24) is 14.9 Å². The average Bonchev–Trinajstić information content (AvgIpc) is 3.69.